The zero-order valence-electron chi connectivity index (χ0n) is 21.5. The second-order valence-electron chi connectivity index (χ2n) is 9.78. The summed E-state index contributed by atoms with van der Waals surface area (Å²) in [6.07, 6.45) is 0.776. The van der Waals surface area contributed by atoms with Gasteiger partial charge in [-0.3, -0.25) is 14.2 Å². The molecule has 1 heterocycles. The van der Waals surface area contributed by atoms with Crippen LogP contribution in [0.2, 0.25) is 0 Å². The van der Waals surface area contributed by atoms with Crippen molar-refractivity contribution in [2.75, 3.05) is 6.54 Å². The van der Waals surface area contributed by atoms with E-state index in [1.54, 1.807) is 15.5 Å². The molecule has 0 aliphatic heterocycles. The minimum absolute atomic E-state index is 0.174. The molecule has 0 saturated heterocycles. The van der Waals surface area contributed by atoms with Crippen LogP contribution in [0.4, 0.5) is 4.39 Å². The van der Waals surface area contributed by atoms with E-state index in [1.807, 2.05) is 57.2 Å². The number of rotatable bonds is 7. The predicted molar refractivity (Wildman–Crippen MR) is 142 cm³/mol. The lowest BCUT2D eigenvalue weighted by Gasteiger charge is -2.31. The minimum atomic E-state index is -0.515. The lowest BCUT2D eigenvalue weighted by atomic mass is 10.1. The second-order valence-corrected chi connectivity index (χ2v) is 9.78. The highest BCUT2D eigenvalue weighted by atomic mass is 19.1. The standard InChI is InChI=1S/C30H32FN3O2/c1-19(2)16-17-33(29(35)23-11-13-24(31)14-12-23)22(5)28-32-26-9-7-6-8-25(26)30(36)34(28)27-15-10-20(3)18-21(27)4/h6-15,18-19,22H,16-17H2,1-5H3. The number of carbonyl (C=O) groups excluding carboxylic acids is 1. The topological polar surface area (TPSA) is 55.2 Å². The molecule has 1 aromatic heterocycles. The summed E-state index contributed by atoms with van der Waals surface area (Å²) in [5.74, 6) is 0.239. The summed E-state index contributed by atoms with van der Waals surface area (Å²) in [4.78, 5) is 34.2. The van der Waals surface area contributed by atoms with Gasteiger partial charge in [-0.2, -0.15) is 0 Å². The van der Waals surface area contributed by atoms with E-state index < -0.39 is 11.9 Å². The Labute approximate surface area is 211 Å². The number of hydrogen-bond acceptors (Lipinski definition) is 3. The highest BCUT2D eigenvalue weighted by Crippen LogP contribution is 2.27. The fraction of sp³-hybridized carbons (Fsp3) is 0.300. The van der Waals surface area contributed by atoms with Gasteiger partial charge in [0, 0.05) is 12.1 Å². The number of nitrogens with zero attached hydrogens (tertiary/aromatic N) is 3. The Morgan fingerprint density at radius 1 is 1.00 bits per heavy atom. The van der Waals surface area contributed by atoms with Gasteiger partial charge in [0.05, 0.1) is 22.6 Å². The van der Waals surface area contributed by atoms with Crippen LogP contribution in [0.5, 0.6) is 0 Å². The average molecular weight is 486 g/mol. The molecule has 1 unspecified atom stereocenters. The van der Waals surface area contributed by atoms with Crippen LogP contribution in [0.3, 0.4) is 0 Å². The first-order valence-electron chi connectivity index (χ1n) is 12.3. The minimum Gasteiger partial charge on any atom is -0.329 e. The highest BCUT2D eigenvalue weighted by molar-refractivity contribution is 5.94. The maximum atomic E-state index is 13.8. The molecule has 0 N–H and O–H groups in total. The summed E-state index contributed by atoms with van der Waals surface area (Å²) in [7, 11) is 0. The average Bonchev–Trinajstić information content (AvgIpc) is 2.85. The molecule has 0 saturated carbocycles. The van der Waals surface area contributed by atoms with Crippen molar-refractivity contribution >= 4 is 16.8 Å². The van der Waals surface area contributed by atoms with Gasteiger partial charge < -0.3 is 4.90 Å². The van der Waals surface area contributed by atoms with Gasteiger partial charge in [0.15, 0.2) is 0 Å². The summed E-state index contributed by atoms with van der Waals surface area (Å²) in [5, 5.41) is 0.520. The largest absolute Gasteiger partial charge is 0.329 e. The molecule has 186 valence electrons. The normalized spacial score (nSPS) is 12.2. The predicted octanol–water partition coefficient (Wildman–Crippen LogP) is 6.39. The maximum absolute atomic E-state index is 13.8. The third-order valence-electron chi connectivity index (χ3n) is 6.54. The number of carbonyl (C=O) groups is 1. The van der Waals surface area contributed by atoms with Crippen molar-refractivity contribution in [3.05, 3.63) is 105 Å². The zero-order chi connectivity index (χ0) is 26.0. The highest BCUT2D eigenvalue weighted by Gasteiger charge is 2.28. The molecule has 36 heavy (non-hydrogen) atoms. The molecule has 5 nitrogen and oxygen atoms in total. The van der Waals surface area contributed by atoms with Gasteiger partial charge in [0.2, 0.25) is 0 Å². The van der Waals surface area contributed by atoms with Crippen molar-refractivity contribution in [1.29, 1.82) is 0 Å². The van der Waals surface area contributed by atoms with Crippen molar-refractivity contribution in [1.82, 2.24) is 14.5 Å². The summed E-state index contributed by atoms with van der Waals surface area (Å²) >= 11 is 0. The molecular weight excluding hydrogens is 453 g/mol. The van der Waals surface area contributed by atoms with E-state index >= 15 is 0 Å². The number of halogens is 1. The van der Waals surface area contributed by atoms with Crippen LogP contribution in [0.1, 0.15) is 60.5 Å². The van der Waals surface area contributed by atoms with E-state index in [9.17, 15) is 14.0 Å². The Kier molecular flexibility index (Phi) is 7.34. The molecule has 3 aromatic carbocycles. The number of hydrogen-bond donors (Lipinski definition) is 0. The monoisotopic (exact) mass is 485 g/mol. The molecule has 0 aliphatic carbocycles. The number of amides is 1. The molecule has 1 amide bonds. The lowest BCUT2D eigenvalue weighted by molar-refractivity contribution is 0.0671. The van der Waals surface area contributed by atoms with Crippen LogP contribution in [-0.4, -0.2) is 26.9 Å². The maximum Gasteiger partial charge on any atom is 0.266 e. The molecule has 0 bridgehead atoms. The fourth-order valence-electron chi connectivity index (χ4n) is 4.49. The fourth-order valence-corrected chi connectivity index (χ4v) is 4.49. The van der Waals surface area contributed by atoms with Gasteiger partial charge >= 0.3 is 0 Å². The summed E-state index contributed by atoms with van der Waals surface area (Å²) < 4.78 is 15.2. The van der Waals surface area contributed by atoms with Gasteiger partial charge in [-0.25, -0.2) is 9.37 Å². The van der Waals surface area contributed by atoms with Crippen LogP contribution in [0, 0.1) is 25.6 Å². The molecule has 4 aromatic rings. The third-order valence-corrected chi connectivity index (χ3v) is 6.54. The van der Waals surface area contributed by atoms with Crippen LogP contribution in [0.25, 0.3) is 16.6 Å². The Hall–Kier alpha value is -3.80. The molecule has 4 rings (SSSR count). The van der Waals surface area contributed by atoms with Crippen molar-refractivity contribution in [2.24, 2.45) is 5.92 Å². The van der Waals surface area contributed by atoms with Crippen molar-refractivity contribution < 1.29 is 9.18 Å². The van der Waals surface area contributed by atoms with E-state index in [0.29, 0.717) is 34.8 Å². The van der Waals surface area contributed by atoms with Gasteiger partial charge in [0.25, 0.3) is 11.5 Å². The SMILES string of the molecule is Cc1ccc(-n2c(C(C)N(CCC(C)C)C(=O)c3ccc(F)cc3)nc3ccccc3c2=O)c(C)c1. The Bertz CT molecular complexity index is 1460. The molecule has 0 radical (unpaired) electrons. The van der Waals surface area contributed by atoms with E-state index in [4.69, 9.17) is 4.98 Å². The first-order valence-corrected chi connectivity index (χ1v) is 12.3. The molecule has 0 fully saturated rings. The second kappa shape index (κ2) is 10.4. The zero-order valence-corrected chi connectivity index (χ0v) is 21.5. The molecule has 0 aliphatic rings. The number of benzene rings is 3. The quantitative estimate of drug-likeness (QED) is 0.305. The van der Waals surface area contributed by atoms with E-state index in [2.05, 4.69) is 13.8 Å². The summed E-state index contributed by atoms with van der Waals surface area (Å²) in [6.45, 7) is 10.6. The van der Waals surface area contributed by atoms with Crippen molar-refractivity contribution in [3.8, 4) is 5.69 Å². The first kappa shape index (κ1) is 25.3. The Morgan fingerprint density at radius 3 is 2.36 bits per heavy atom. The number of fused-ring (bicyclic) bond motifs is 1. The number of aryl methyl sites for hydroxylation is 2. The Balaban J connectivity index is 1.92. The van der Waals surface area contributed by atoms with Crippen molar-refractivity contribution in [3.63, 3.8) is 0 Å². The van der Waals surface area contributed by atoms with E-state index in [1.165, 1.54) is 24.3 Å². The molecule has 1 atom stereocenters. The molecular formula is C30H32FN3O2. The van der Waals surface area contributed by atoms with Crippen LogP contribution in [0.15, 0.2) is 71.5 Å². The van der Waals surface area contributed by atoms with Gasteiger partial charge in [-0.15, -0.1) is 0 Å². The lowest BCUT2D eigenvalue weighted by Crippen LogP contribution is -2.38. The van der Waals surface area contributed by atoms with E-state index in [-0.39, 0.29) is 11.5 Å². The third kappa shape index (κ3) is 5.08. The number of para-hydroxylation sites is 1. The summed E-state index contributed by atoms with van der Waals surface area (Å²) in [6, 6.07) is 18.3. The molecule has 6 heteroatoms. The molecule has 0 spiro atoms. The van der Waals surface area contributed by atoms with Crippen LogP contribution < -0.4 is 5.56 Å². The van der Waals surface area contributed by atoms with Gasteiger partial charge in [-0.1, -0.05) is 43.7 Å². The van der Waals surface area contributed by atoms with Gasteiger partial charge in [0.1, 0.15) is 11.6 Å². The van der Waals surface area contributed by atoms with Gasteiger partial charge in [-0.05, 0) is 81.1 Å². The summed E-state index contributed by atoms with van der Waals surface area (Å²) in [5.41, 5.74) is 3.59. The Morgan fingerprint density at radius 2 is 1.69 bits per heavy atom. The smallest absolute Gasteiger partial charge is 0.266 e. The first-order chi connectivity index (χ1) is 17.2. The number of aromatic nitrogens is 2. The van der Waals surface area contributed by atoms with Crippen molar-refractivity contribution in [2.45, 2.75) is 47.1 Å². The van der Waals surface area contributed by atoms with E-state index in [0.717, 1.165) is 23.2 Å². The van der Waals surface area contributed by atoms with Crippen LogP contribution >= 0.6 is 0 Å². The van der Waals surface area contributed by atoms with Crippen LogP contribution in [-0.2, 0) is 0 Å².